The molecule has 2 aromatic carbocycles. The Kier molecular flexibility index (Phi) is 7.05. The number of anilines is 1. The molecule has 29 heavy (non-hydrogen) atoms. The molecule has 1 saturated heterocycles. The van der Waals surface area contributed by atoms with E-state index in [0.29, 0.717) is 25.4 Å². The topological polar surface area (TPSA) is 70.7 Å². The molecule has 2 aromatic rings. The van der Waals surface area contributed by atoms with Crippen LogP contribution < -0.4 is 15.4 Å². The summed E-state index contributed by atoms with van der Waals surface area (Å²) in [5.41, 5.74) is 1.87. The number of ether oxygens (including phenoxy) is 1. The number of carbonyl (C=O) groups is 2. The summed E-state index contributed by atoms with van der Waals surface area (Å²) in [5, 5.41) is 5.68. The quantitative estimate of drug-likeness (QED) is 0.780. The van der Waals surface area contributed by atoms with E-state index in [1.54, 1.807) is 17.0 Å². The summed E-state index contributed by atoms with van der Waals surface area (Å²) >= 11 is 0. The van der Waals surface area contributed by atoms with Gasteiger partial charge >= 0.3 is 6.03 Å². The standard InChI is InChI=1S/C22H26FN3O3/c1-16-7-9-19(10-8-16)25-22(28)24-13-17-4-3-11-26(14-17)21(27)15-29-20-6-2-5-18(23)12-20/h2,5-10,12,17H,3-4,11,13-15H2,1H3,(H2,24,25,28). The van der Waals surface area contributed by atoms with Crippen LogP contribution in [0.1, 0.15) is 18.4 Å². The highest BCUT2D eigenvalue weighted by Gasteiger charge is 2.24. The molecule has 0 bridgehead atoms. The van der Waals surface area contributed by atoms with E-state index >= 15 is 0 Å². The predicted molar refractivity (Wildman–Crippen MR) is 109 cm³/mol. The lowest BCUT2D eigenvalue weighted by atomic mass is 9.98. The smallest absolute Gasteiger partial charge is 0.319 e. The van der Waals surface area contributed by atoms with Crippen molar-refractivity contribution in [1.29, 1.82) is 0 Å². The molecule has 7 heteroatoms. The number of piperidine rings is 1. The van der Waals surface area contributed by atoms with E-state index < -0.39 is 5.82 Å². The van der Waals surface area contributed by atoms with Crippen LogP contribution in [0.25, 0.3) is 0 Å². The number of nitrogens with one attached hydrogen (secondary N) is 2. The average Bonchev–Trinajstić information content (AvgIpc) is 2.72. The molecular formula is C22H26FN3O3. The molecule has 1 fully saturated rings. The van der Waals surface area contributed by atoms with Gasteiger partial charge in [0.25, 0.3) is 5.91 Å². The van der Waals surface area contributed by atoms with Crippen molar-refractivity contribution < 1.29 is 18.7 Å². The lowest BCUT2D eigenvalue weighted by molar-refractivity contribution is -0.135. The van der Waals surface area contributed by atoms with Crippen LogP contribution in [0.2, 0.25) is 0 Å². The summed E-state index contributed by atoms with van der Waals surface area (Å²) in [6, 6.07) is 13.1. The Morgan fingerprint density at radius 2 is 2.00 bits per heavy atom. The SMILES string of the molecule is Cc1ccc(NC(=O)NCC2CCCN(C(=O)COc3cccc(F)c3)C2)cc1. The van der Waals surface area contributed by atoms with E-state index in [4.69, 9.17) is 4.74 Å². The maximum atomic E-state index is 13.2. The van der Waals surface area contributed by atoms with Gasteiger partial charge in [0, 0.05) is 31.4 Å². The third kappa shape index (κ3) is 6.48. The summed E-state index contributed by atoms with van der Waals surface area (Å²) < 4.78 is 18.6. The van der Waals surface area contributed by atoms with Gasteiger partial charge in [0.05, 0.1) is 0 Å². The Bertz CT molecular complexity index is 841. The molecule has 1 aliphatic rings. The number of hydrogen-bond donors (Lipinski definition) is 2. The van der Waals surface area contributed by atoms with Gasteiger partial charge in [-0.25, -0.2) is 9.18 Å². The molecule has 0 aromatic heterocycles. The van der Waals surface area contributed by atoms with Crippen molar-refractivity contribution >= 4 is 17.6 Å². The van der Waals surface area contributed by atoms with Gasteiger partial charge in [-0.2, -0.15) is 0 Å². The van der Waals surface area contributed by atoms with Crippen molar-refractivity contribution in [3.05, 3.63) is 59.9 Å². The zero-order valence-electron chi connectivity index (χ0n) is 16.5. The molecule has 0 radical (unpaired) electrons. The number of urea groups is 1. The summed E-state index contributed by atoms with van der Waals surface area (Å²) in [4.78, 5) is 26.2. The van der Waals surface area contributed by atoms with Gasteiger partial charge in [0.15, 0.2) is 6.61 Å². The van der Waals surface area contributed by atoms with Gasteiger partial charge in [-0.3, -0.25) is 4.79 Å². The number of rotatable bonds is 6. The maximum Gasteiger partial charge on any atom is 0.319 e. The van der Waals surface area contributed by atoms with Crippen LogP contribution in [-0.4, -0.2) is 43.1 Å². The lowest BCUT2D eigenvalue weighted by Gasteiger charge is -2.32. The van der Waals surface area contributed by atoms with Gasteiger partial charge in [0.1, 0.15) is 11.6 Å². The van der Waals surface area contributed by atoms with E-state index in [-0.39, 0.29) is 24.5 Å². The number of nitrogens with zero attached hydrogens (tertiary/aromatic N) is 1. The Morgan fingerprint density at radius 1 is 1.21 bits per heavy atom. The zero-order chi connectivity index (χ0) is 20.6. The second kappa shape index (κ2) is 9.91. The van der Waals surface area contributed by atoms with Crippen molar-refractivity contribution in [1.82, 2.24) is 10.2 Å². The van der Waals surface area contributed by atoms with E-state index in [1.807, 2.05) is 31.2 Å². The lowest BCUT2D eigenvalue weighted by Crippen LogP contribution is -2.45. The first kappa shape index (κ1) is 20.6. The largest absolute Gasteiger partial charge is 0.484 e. The van der Waals surface area contributed by atoms with Gasteiger partial charge in [0.2, 0.25) is 0 Å². The van der Waals surface area contributed by atoms with E-state index in [1.165, 1.54) is 12.1 Å². The van der Waals surface area contributed by atoms with Crippen molar-refractivity contribution in [3.8, 4) is 5.75 Å². The van der Waals surface area contributed by atoms with Gasteiger partial charge in [-0.1, -0.05) is 23.8 Å². The summed E-state index contributed by atoms with van der Waals surface area (Å²) in [6.07, 6.45) is 1.82. The average molecular weight is 399 g/mol. The van der Waals surface area contributed by atoms with Crippen molar-refractivity contribution in [3.63, 3.8) is 0 Å². The second-order valence-electron chi connectivity index (χ2n) is 7.30. The molecule has 0 saturated carbocycles. The Balaban J connectivity index is 1.41. The Labute approximate surface area is 170 Å². The summed E-state index contributed by atoms with van der Waals surface area (Å²) in [6.45, 7) is 3.58. The zero-order valence-corrected chi connectivity index (χ0v) is 16.5. The fourth-order valence-electron chi connectivity index (χ4n) is 3.30. The molecular weight excluding hydrogens is 373 g/mol. The van der Waals surface area contributed by atoms with Crippen LogP contribution in [-0.2, 0) is 4.79 Å². The van der Waals surface area contributed by atoms with Crippen molar-refractivity contribution in [2.45, 2.75) is 19.8 Å². The van der Waals surface area contributed by atoms with Crippen LogP contribution in [0, 0.1) is 18.7 Å². The van der Waals surface area contributed by atoms with Gasteiger partial charge < -0.3 is 20.3 Å². The molecule has 0 spiro atoms. The highest BCUT2D eigenvalue weighted by molar-refractivity contribution is 5.89. The first-order chi connectivity index (χ1) is 14.0. The molecule has 3 rings (SSSR count). The molecule has 154 valence electrons. The molecule has 1 unspecified atom stereocenters. The highest BCUT2D eigenvalue weighted by atomic mass is 19.1. The Morgan fingerprint density at radius 3 is 2.76 bits per heavy atom. The number of aryl methyl sites for hydroxylation is 1. The maximum absolute atomic E-state index is 13.2. The van der Waals surface area contributed by atoms with Crippen LogP contribution in [0.3, 0.4) is 0 Å². The first-order valence-corrected chi connectivity index (χ1v) is 9.77. The summed E-state index contributed by atoms with van der Waals surface area (Å²) in [5.74, 6) is -0.0157. The third-order valence-corrected chi connectivity index (χ3v) is 4.89. The minimum atomic E-state index is -0.400. The van der Waals surface area contributed by atoms with Gasteiger partial charge in [-0.05, 0) is 49.9 Å². The van der Waals surface area contributed by atoms with Crippen LogP contribution in [0.5, 0.6) is 5.75 Å². The van der Waals surface area contributed by atoms with Crippen molar-refractivity contribution in [2.75, 3.05) is 31.6 Å². The minimum Gasteiger partial charge on any atom is -0.484 e. The molecule has 6 nitrogen and oxygen atoms in total. The predicted octanol–water partition coefficient (Wildman–Crippen LogP) is 3.57. The fourth-order valence-corrected chi connectivity index (χ4v) is 3.30. The monoisotopic (exact) mass is 399 g/mol. The summed E-state index contributed by atoms with van der Waals surface area (Å²) in [7, 11) is 0. The minimum absolute atomic E-state index is 0.127. The van der Waals surface area contributed by atoms with Crippen LogP contribution >= 0.6 is 0 Å². The Hall–Kier alpha value is -3.09. The first-order valence-electron chi connectivity index (χ1n) is 9.77. The number of benzene rings is 2. The number of halogens is 1. The van der Waals surface area contributed by atoms with E-state index in [2.05, 4.69) is 10.6 Å². The van der Waals surface area contributed by atoms with E-state index in [9.17, 15) is 14.0 Å². The number of amides is 3. The van der Waals surface area contributed by atoms with Crippen LogP contribution in [0.4, 0.5) is 14.9 Å². The molecule has 1 atom stereocenters. The van der Waals surface area contributed by atoms with E-state index in [0.717, 1.165) is 24.1 Å². The molecule has 1 heterocycles. The highest BCUT2D eigenvalue weighted by Crippen LogP contribution is 2.17. The van der Waals surface area contributed by atoms with Gasteiger partial charge in [-0.15, -0.1) is 0 Å². The number of hydrogen-bond acceptors (Lipinski definition) is 3. The third-order valence-electron chi connectivity index (χ3n) is 4.89. The molecule has 3 amide bonds. The second-order valence-corrected chi connectivity index (χ2v) is 7.30. The van der Waals surface area contributed by atoms with Crippen LogP contribution in [0.15, 0.2) is 48.5 Å². The number of carbonyl (C=O) groups excluding carboxylic acids is 2. The fraction of sp³-hybridized carbons (Fsp3) is 0.364. The normalized spacial score (nSPS) is 16.2. The van der Waals surface area contributed by atoms with Crippen molar-refractivity contribution in [2.24, 2.45) is 5.92 Å². The molecule has 0 aliphatic carbocycles. The molecule has 2 N–H and O–H groups in total. The number of likely N-dealkylation sites (tertiary alicyclic amines) is 1. The molecule has 1 aliphatic heterocycles.